The Labute approximate surface area is 92.1 Å². The fourth-order valence-corrected chi connectivity index (χ4v) is 1.65. The molecule has 0 saturated heterocycles. The number of halogens is 1. The summed E-state index contributed by atoms with van der Waals surface area (Å²) in [6.45, 7) is 0.425. The molecule has 0 unspecified atom stereocenters. The number of ether oxygens (including phenoxy) is 2. The van der Waals surface area contributed by atoms with Crippen molar-refractivity contribution in [1.82, 2.24) is 5.32 Å². The van der Waals surface area contributed by atoms with Gasteiger partial charge in [-0.1, -0.05) is 11.6 Å². The number of carbonyl (C=O) groups excluding carboxylic acids is 1. The molecule has 0 aromatic heterocycles. The van der Waals surface area contributed by atoms with Crippen LogP contribution in [-0.4, -0.2) is 26.2 Å². The number of Topliss-reactive ketones (excluding diaryl/α,β-unsaturated/α-hetero) is 1. The van der Waals surface area contributed by atoms with Crippen molar-refractivity contribution < 1.29 is 14.3 Å². The normalized spacial score (nSPS) is 12.9. The fraction of sp³-hybridized carbons (Fsp3) is 0.300. The number of ketones is 1. The highest BCUT2D eigenvalue weighted by molar-refractivity contribution is 6.34. The van der Waals surface area contributed by atoms with Crippen LogP contribution in [0.2, 0.25) is 5.02 Å². The Morgan fingerprint density at radius 3 is 2.80 bits per heavy atom. The van der Waals surface area contributed by atoms with Crippen molar-refractivity contribution >= 4 is 17.4 Å². The molecule has 4 nitrogen and oxygen atoms in total. The smallest absolute Gasteiger partial charge is 0.231 e. The summed E-state index contributed by atoms with van der Waals surface area (Å²) in [5.41, 5.74) is 0.454. The van der Waals surface area contributed by atoms with Crippen LogP contribution in [0.1, 0.15) is 10.4 Å². The van der Waals surface area contributed by atoms with Crippen LogP contribution >= 0.6 is 11.6 Å². The Hall–Kier alpha value is -1.26. The number of likely N-dealkylation sites (N-methyl/N-ethyl adjacent to an activating group) is 1. The van der Waals surface area contributed by atoms with E-state index in [4.69, 9.17) is 21.1 Å². The molecule has 1 N–H and O–H groups in total. The monoisotopic (exact) mass is 227 g/mol. The number of rotatable bonds is 3. The van der Waals surface area contributed by atoms with Gasteiger partial charge in [-0.3, -0.25) is 4.79 Å². The first-order valence-electron chi connectivity index (χ1n) is 4.49. The molecule has 0 radical (unpaired) electrons. The first-order chi connectivity index (χ1) is 7.22. The van der Waals surface area contributed by atoms with Gasteiger partial charge in [-0.05, 0) is 13.1 Å². The molecule has 0 bridgehead atoms. The summed E-state index contributed by atoms with van der Waals surface area (Å²) in [5, 5.41) is 3.17. The molecule has 1 aliphatic heterocycles. The average molecular weight is 228 g/mol. The van der Waals surface area contributed by atoms with Gasteiger partial charge in [-0.15, -0.1) is 0 Å². The first kappa shape index (κ1) is 10.3. The Balaban J connectivity index is 2.36. The Bertz CT molecular complexity index is 406. The third kappa shape index (κ3) is 1.91. The van der Waals surface area contributed by atoms with E-state index in [2.05, 4.69) is 5.32 Å². The first-order valence-corrected chi connectivity index (χ1v) is 4.87. The van der Waals surface area contributed by atoms with E-state index in [9.17, 15) is 4.79 Å². The van der Waals surface area contributed by atoms with Crippen LogP contribution < -0.4 is 14.8 Å². The van der Waals surface area contributed by atoms with E-state index >= 15 is 0 Å². The predicted molar refractivity (Wildman–Crippen MR) is 55.8 cm³/mol. The van der Waals surface area contributed by atoms with Crippen LogP contribution in [0.25, 0.3) is 0 Å². The van der Waals surface area contributed by atoms with Crippen molar-refractivity contribution in [2.24, 2.45) is 0 Å². The zero-order chi connectivity index (χ0) is 10.8. The summed E-state index contributed by atoms with van der Waals surface area (Å²) in [4.78, 5) is 11.6. The number of benzene rings is 1. The summed E-state index contributed by atoms with van der Waals surface area (Å²) >= 11 is 5.95. The highest BCUT2D eigenvalue weighted by Crippen LogP contribution is 2.36. The minimum atomic E-state index is -0.0687. The number of nitrogens with one attached hydrogen (secondary N) is 1. The summed E-state index contributed by atoms with van der Waals surface area (Å²) in [5.74, 6) is 1.08. The topological polar surface area (TPSA) is 47.6 Å². The molecular formula is C10H10ClNO3. The average Bonchev–Trinajstić information content (AvgIpc) is 2.63. The van der Waals surface area contributed by atoms with Crippen molar-refractivity contribution in [1.29, 1.82) is 0 Å². The van der Waals surface area contributed by atoms with Crippen molar-refractivity contribution in [2.75, 3.05) is 20.4 Å². The van der Waals surface area contributed by atoms with Gasteiger partial charge in [-0.2, -0.15) is 0 Å². The van der Waals surface area contributed by atoms with Gasteiger partial charge in [0, 0.05) is 11.6 Å². The summed E-state index contributed by atoms with van der Waals surface area (Å²) in [6, 6.07) is 3.22. The van der Waals surface area contributed by atoms with Crippen molar-refractivity contribution in [3.63, 3.8) is 0 Å². The molecule has 0 atom stereocenters. The van der Waals surface area contributed by atoms with E-state index in [1.165, 1.54) is 0 Å². The predicted octanol–water partition coefficient (Wildman–Crippen LogP) is 1.47. The highest BCUT2D eigenvalue weighted by Gasteiger charge is 2.19. The molecule has 0 fully saturated rings. The lowest BCUT2D eigenvalue weighted by atomic mass is 10.1. The lowest BCUT2D eigenvalue weighted by Gasteiger charge is -2.04. The minimum Gasteiger partial charge on any atom is -0.454 e. The molecule has 1 heterocycles. The molecule has 15 heavy (non-hydrogen) atoms. The number of hydrogen-bond acceptors (Lipinski definition) is 4. The van der Waals surface area contributed by atoms with E-state index in [1.54, 1.807) is 19.2 Å². The third-order valence-corrected chi connectivity index (χ3v) is 2.41. The second kappa shape index (κ2) is 4.08. The quantitative estimate of drug-likeness (QED) is 0.795. The van der Waals surface area contributed by atoms with E-state index in [1.807, 2.05) is 0 Å². The Kier molecular flexibility index (Phi) is 2.79. The van der Waals surface area contributed by atoms with Gasteiger partial charge in [0.1, 0.15) is 0 Å². The van der Waals surface area contributed by atoms with Crippen molar-refractivity contribution in [2.45, 2.75) is 0 Å². The van der Waals surface area contributed by atoms with Crippen molar-refractivity contribution in [3.05, 3.63) is 22.7 Å². The molecule has 5 heteroatoms. The van der Waals surface area contributed by atoms with Crippen LogP contribution in [0.15, 0.2) is 12.1 Å². The van der Waals surface area contributed by atoms with Gasteiger partial charge in [0.2, 0.25) is 6.79 Å². The van der Waals surface area contributed by atoms with Gasteiger partial charge < -0.3 is 14.8 Å². The summed E-state index contributed by atoms with van der Waals surface area (Å²) in [6.07, 6.45) is 0. The SMILES string of the molecule is CNCC(=O)c1cc2c(cc1Cl)OCO2. The van der Waals surface area contributed by atoms with Crippen molar-refractivity contribution in [3.8, 4) is 11.5 Å². The van der Waals surface area contributed by atoms with E-state index in [-0.39, 0.29) is 19.1 Å². The molecule has 2 rings (SSSR count). The molecular weight excluding hydrogens is 218 g/mol. The number of carbonyl (C=O) groups is 1. The lowest BCUT2D eigenvalue weighted by Crippen LogP contribution is -2.18. The van der Waals surface area contributed by atoms with Crippen LogP contribution in [-0.2, 0) is 0 Å². The number of fused-ring (bicyclic) bond motifs is 1. The van der Waals surface area contributed by atoms with E-state index in [0.29, 0.717) is 22.1 Å². The second-order valence-corrected chi connectivity index (χ2v) is 3.55. The molecule has 1 aromatic rings. The largest absolute Gasteiger partial charge is 0.454 e. The summed E-state index contributed by atoms with van der Waals surface area (Å²) < 4.78 is 10.3. The molecule has 1 aliphatic rings. The standard InChI is InChI=1S/C10H10ClNO3/c1-12-4-8(13)6-2-9-10(3-7(6)11)15-5-14-9/h2-3,12H,4-5H2,1H3. The Morgan fingerprint density at radius 2 is 2.13 bits per heavy atom. The zero-order valence-corrected chi connectivity index (χ0v) is 8.93. The van der Waals surface area contributed by atoms with Crippen LogP contribution in [0.3, 0.4) is 0 Å². The molecule has 80 valence electrons. The van der Waals surface area contributed by atoms with Gasteiger partial charge in [0.05, 0.1) is 11.6 Å². The van der Waals surface area contributed by atoms with Crippen LogP contribution in [0.4, 0.5) is 0 Å². The zero-order valence-electron chi connectivity index (χ0n) is 8.17. The van der Waals surface area contributed by atoms with Gasteiger partial charge in [-0.25, -0.2) is 0 Å². The molecule has 0 spiro atoms. The minimum absolute atomic E-state index is 0.0687. The molecule has 1 aromatic carbocycles. The maximum absolute atomic E-state index is 11.6. The number of hydrogen-bond donors (Lipinski definition) is 1. The maximum atomic E-state index is 11.6. The Morgan fingerprint density at radius 1 is 1.47 bits per heavy atom. The fourth-order valence-electron chi connectivity index (χ4n) is 1.39. The highest BCUT2D eigenvalue weighted by atomic mass is 35.5. The van der Waals surface area contributed by atoms with E-state index < -0.39 is 0 Å². The van der Waals surface area contributed by atoms with Crippen LogP contribution in [0, 0.1) is 0 Å². The second-order valence-electron chi connectivity index (χ2n) is 3.14. The third-order valence-electron chi connectivity index (χ3n) is 2.10. The maximum Gasteiger partial charge on any atom is 0.231 e. The lowest BCUT2D eigenvalue weighted by molar-refractivity contribution is 0.0993. The van der Waals surface area contributed by atoms with Crippen LogP contribution in [0.5, 0.6) is 11.5 Å². The van der Waals surface area contributed by atoms with E-state index in [0.717, 1.165) is 0 Å². The van der Waals surface area contributed by atoms with Gasteiger partial charge in [0.25, 0.3) is 0 Å². The van der Waals surface area contributed by atoms with Gasteiger partial charge in [0.15, 0.2) is 17.3 Å². The molecule has 0 amide bonds. The van der Waals surface area contributed by atoms with Gasteiger partial charge >= 0.3 is 0 Å². The molecule has 0 saturated carbocycles. The summed E-state index contributed by atoms with van der Waals surface area (Å²) in [7, 11) is 1.71. The molecule has 0 aliphatic carbocycles.